The number of nitrogens with two attached hydrogens (primary N) is 1. The molecule has 1 heterocycles. The first-order valence-corrected chi connectivity index (χ1v) is 4.74. The fraction of sp³-hybridized carbons (Fsp3) is 0.273. The van der Waals surface area contributed by atoms with E-state index in [4.69, 9.17) is 10.5 Å². The first kappa shape index (κ1) is 9.71. The fourth-order valence-corrected chi connectivity index (χ4v) is 1.67. The molecule has 0 radical (unpaired) electrons. The second kappa shape index (κ2) is 3.73. The monoisotopic (exact) mass is 203 g/mol. The molecule has 2 N–H and O–H groups in total. The minimum absolute atomic E-state index is 0.0240. The van der Waals surface area contributed by atoms with E-state index in [1.807, 2.05) is 31.2 Å². The minimum Gasteiger partial charge on any atom is -0.497 e. The van der Waals surface area contributed by atoms with Crippen LogP contribution in [0.1, 0.15) is 18.4 Å². The second-order valence-electron chi connectivity index (χ2n) is 3.47. The third-order valence-electron chi connectivity index (χ3n) is 2.49. The number of hydrogen-bond acceptors (Lipinski definition) is 4. The van der Waals surface area contributed by atoms with Crippen molar-refractivity contribution in [2.75, 3.05) is 7.11 Å². The maximum atomic E-state index is 5.78. The molecule has 78 valence electrons. The predicted molar refractivity (Wildman–Crippen MR) is 60.5 cm³/mol. The summed E-state index contributed by atoms with van der Waals surface area (Å²) in [6.07, 6.45) is 0. The van der Waals surface area contributed by atoms with Gasteiger partial charge in [0.05, 0.1) is 18.7 Å². The molecular weight excluding hydrogens is 190 g/mol. The molecule has 0 spiro atoms. The van der Waals surface area contributed by atoms with E-state index in [0.29, 0.717) is 5.84 Å². The van der Waals surface area contributed by atoms with Gasteiger partial charge in [-0.3, -0.25) is 0 Å². The van der Waals surface area contributed by atoms with Crippen LogP contribution in [0.4, 0.5) is 0 Å². The summed E-state index contributed by atoms with van der Waals surface area (Å²) in [5, 5.41) is 7.83. The Hall–Kier alpha value is -1.84. The standard InChI is InChI=1S/C11H13N3O/c1-7-10(11(12)14-13-7)8-3-5-9(15-2)6-4-8/h3-6,10H,1-2H3,(H2,12,14). The number of ether oxygens (including phenoxy) is 1. The van der Waals surface area contributed by atoms with Crippen LogP contribution in [-0.4, -0.2) is 18.7 Å². The number of methoxy groups -OCH3 is 1. The molecule has 0 aliphatic carbocycles. The third-order valence-corrected chi connectivity index (χ3v) is 2.49. The van der Waals surface area contributed by atoms with E-state index in [2.05, 4.69) is 10.2 Å². The lowest BCUT2D eigenvalue weighted by Crippen LogP contribution is -2.23. The molecule has 0 aromatic heterocycles. The second-order valence-corrected chi connectivity index (χ2v) is 3.47. The molecule has 15 heavy (non-hydrogen) atoms. The molecular formula is C11H13N3O. The van der Waals surface area contributed by atoms with Gasteiger partial charge in [0.2, 0.25) is 0 Å². The van der Waals surface area contributed by atoms with Crippen LogP contribution in [0, 0.1) is 0 Å². The molecule has 0 fully saturated rings. The Morgan fingerprint density at radius 1 is 1.20 bits per heavy atom. The van der Waals surface area contributed by atoms with Gasteiger partial charge in [-0.25, -0.2) is 0 Å². The van der Waals surface area contributed by atoms with Crippen molar-refractivity contribution in [2.45, 2.75) is 12.8 Å². The van der Waals surface area contributed by atoms with Gasteiger partial charge in [-0.15, -0.1) is 5.10 Å². The molecule has 4 heteroatoms. The summed E-state index contributed by atoms with van der Waals surface area (Å²) < 4.78 is 5.09. The van der Waals surface area contributed by atoms with Crippen LogP contribution in [0.25, 0.3) is 0 Å². The molecule has 0 bridgehead atoms. The molecule has 1 atom stereocenters. The molecule has 1 aliphatic heterocycles. The number of hydrogen-bond donors (Lipinski definition) is 1. The lowest BCUT2D eigenvalue weighted by Gasteiger charge is -2.11. The maximum Gasteiger partial charge on any atom is 0.135 e. The molecule has 1 aromatic carbocycles. The Morgan fingerprint density at radius 3 is 2.33 bits per heavy atom. The highest BCUT2D eigenvalue weighted by atomic mass is 16.5. The van der Waals surface area contributed by atoms with Gasteiger partial charge in [0.15, 0.2) is 0 Å². The summed E-state index contributed by atoms with van der Waals surface area (Å²) in [4.78, 5) is 0. The van der Waals surface area contributed by atoms with Gasteiger partial charge < -0.3 is 10.5 Å². The fourth-order valence-electron chi connectivity index (χ4n) is 1.67. The summed E-state index contributed by atoms with van der Waals surface area (Å²) >= 11 is 0. The maximum absolute atomic E-state index is 5.78. The molecule has 1 aromatic rings. The van der Waals surface area contributed by atoms with Gasteiger partial charge in [-0.1, -0.05) is 12.1 Å². The van der Waals surface area contributed by atoms with E-state index in [1.54, 1.807) is 7.11 Å². The molecule has 0 saturated carbocycles. The Balaban J connectivity index is 2.30. The summed E-state index contributed by atoms with van der Waals surface area (Å²) in [7, 11) is 1.65. The number of amidine groups is 1. The highest BCUT2D eigenvalue weighted by molar-refractivity contribution is 6.12. The van der Waals surface area contributed by atoms with Gasteiger partial charge in [0.25, 0.3) is 0 Å². The zero-order valence-corrected chi connectivity index (χ0v) is 8.77. The predicted octanol–water partition coefficient (Wildman–Crippen LogP) is 1.53. The average Bonchev–Trinajstić information content (AvgIpc) is 2.59. The van der Waals surface area contributed by atoms with Crippen LogP contribution < -0.4 is 10.5 Å². The lowest BCUT2D eigenvalue weighted by atomic mass is 9.94. The van der Waals surface area contributed by atoms with Crippen LogP contribution in [-0.2, 0) is 0 Å². The molecule has 0 amide bonds. The number of nitrogens with zero attached hydrogens (tertiary/aromatic N) is 2. The zero-order valence-electron chi connectivity index (χ0n) is 8.77. The van der Waals surface area contributed by atoms with E-state index < -0.39 is 0 Å². The zero-order chi connectivity index (χ0) is 10.8. The van der Waals surface area contributed by atoms with Crippen molar-refractivity contribution in [3.05, 3.63) is 29.8 Å². The van der Waals surface area contributed by atoms with Crippen molar-refractivity contribution < 1.29 is 4.74 Å². The van der Waals surface area contributed by atoms with Crippen LogP contribution in [0.15, 0.2) is 34.5 Å². The van der Waals surface area contributed by atoms with Crippen molar-refractivity contribution >= 4 is 11.5 Å². The minimum atomic E-state index is 0.0240. The largest absolute Gasteiger partial charge is 0.497 e. The lowest BCUT2D eigenvalue weighted by molar-refractivity contribution is 0.414. The molecule has 0 saturated heterocycles. The Kier molecular flexibility index (Phi) is 2.41. The SMILES string of the molecule is COc1ccc(C2C(C)=NN=C2N)cc1. The van der Waals surface area contributed by atoms with Crippen molar-refractivity contribution in [3.63, 3.8) is 0 Å². The van der Waals surface area contributed by atoms with Crippen molar-refractivity contribution in [2.24, 2.45) is 15.9 Å². The van der Waals surface area contributed by atoms with Crippen LogP contribution >= 0.6 is 0 Å². The van der Waals surface area contributed by atoms with Gasteiger partial charge in [-0.05, 0) is 24.6 Å². The normalized spacial score (nSPS) is 19.7. The summed E-state index contributed by atoms with van der Waals surface area (Å²) in [6, 6.07) is 7.79. The smallest absolute Gasteiger partial charge is 0.135 e. The Labute approximate surface area is 88.5 Å². The quantitative estimate of drug-likeness (QED) is 0.792. The van der Waals surface area contributed by atoms with Crippen LogP contribution in [0.5, 0.6) is 5.75 Å². The van der Waals surface area contributed by atoms with E-state index >= 15 is 0 Å². The van der Waals surface area contributed by atoms with E-state index in [0.717, 1.165) is 17.0 Å². The first-order chi connectivity index (χ1) is 7.22. The first-order valence-electron chi connectivity index (χ1n) is 4.74. The Bertz CT molecular complexity index is 402. The highest BCUT2D eigenvalue weighted by Crippen LogP contribution is 2.24. The van der Waals surface area contributed by atoms with E-state index in [9.17, 15) is 0 Å². The van der Waals surface area contributed by atoms with Gasteiger partial charge in [0.1, 0.15) is 11.6 Å². The van der Waals surface area contributed by atoms with Crippen molar-refractivity contribution in [1.29, 1.82) is 0 Å². The van der Waals surface area contributed by atoms with Gasteiger partial charge >= 0.3 is 0 Å². The van der Waals surface area contributed by atoms with Crippen LogP contribution in [0.3, 0.4) is 0 Å². The Morgan fingerprint density at radius 2 is 1.87 bits per heavy atom. The summed E-state index contributed by atoms with van der Waals surface area (Å²) in [6.45, 7) is 1.93. The third kappa shape index (κ3) is 1.70. The van der Waals surface area contributed by atoms with Crippen molar-refractivity contribution in [1.82, 2.24) is 0 Å². The molecule has 1 aliphatic rings. The molecule has 2 rings (SSSR count). The van der Waals surface area contributed by atoms with Gasteiger partial charge in [-0.2, -0.15) is 5.10 Å². The topological polar surface area (TPSA) is 60.0 Å². The van der Waals surface area contributed by atoms with E-state index in [1.165, 1.54) is 0 Å². The summed E-state index contributed by atoms with van der Waals surface area (Å²) in [5.74, 6) is 1.41. The van der Waals surface area contributed by atoms with Crippen molar-refractivity contribution in [3.8, 4) is 5.75 Å². The highest BCUT2D eigenvalue weighted by Gasteiger charge is 2.23. The average molecular weight is 203 g/mol. The van der Waals surface area contributed by atoms with Crippen LogP contribution in [0.2, 0.25) is 0 Å². The molecule has 4 nitrogen and oxygen atoms in total. The summed E-state index contributed by atoms with van der Waals surface area (Å²) in [5.41, 5.74) is 7.80. The number of rotatable bonds is 2. The van der Waals surface area contributed by atoms with Gasteiger partial charge in [0, 0.05) is 0 Å². The molecule has 1 unspecified atom stereocenters. The van der Waals surface area contributed by atoms with E-state index in [-0.39, 0.29) is 5.92 Å². The number of benzene rings is 1.